The lowest BCUT2D eigenvalue weighted by Gasteiger charge is -2.14. The first-order valence-corrected chi connectivity index (χ1v) is 7.08. The van der Waals surface area contributed by atoms with Crippen molar-refractivity contribution in [2.45, 2.75) is 31.1 Å². The standard InChI is InChI=1S/C14H17NOS/c1-11(17-10-14-3-2-8-16-14)13-6-4-12(9-15)5-7-13/h4-7,11,14H,2-3,8,10H2,1H3/t11-,14-/m0/s1. The average Bonchev–Trinajstić information content (AvgIpc) is 2.89. The molecule has 1 aromatic rings. The Morgan fingerprint density at radius 3 is 2.82 bits per heavy atom. The topological polar surface area (TPSA) is 33.0 Å². The Balaban J connectivity index is 1.85. The summed E-state index contributed by atoms with van der Waals surface area (Å²) in [5.74, 6) is 1.07. The van der Waals surface area contributed by atoms with Gasteiger partial charge in [0.25, 0.3) is 0 Å². The fraction of sp³-hybridized carbons (Fsp3) is 0.500. The third-order valence-electron chi connectivity index (χ3n) is 3.07. The zero-order chi connectivity index (χ0) is 12.1. The van der Waals surface area contributed by atoms with Crippen molar-refractivity contribution in [1.82, 2.24) is 0 Å². The van der Waals surface area contributed by atoms with Crippen molar-refractivity contribution in [2.24, 2.45) is 0 Å². The van der Waals surface area contributed by atoms with Crippen molar-refractivity contribution in [2.75, 3.05) is 12.4 Å². The molecule has 3 heteroatoms. The minimum Gasteiger partial charge on any atom is -0.377 e. The second kappa shape index (κ2) is 6.09. The summed E-state index contributed by atoms with van der Waals surface area (Å²) in [4.78, 5) is 0. The zero-order valence-corrected chi connectivity index (χ0v) is 10.9. The van der Waals surface area contributed by atoms with Gasteiger partial charge in [0.15, 0.2) is 0 Å². The fourth-order valence-corrected chi connectivity index (χ4v) is 3.07. The second-order valence-corrected chi connectivity index (χ2v) is 5.72. The predicted molar refractivity (Wildman–Crippen MR) is 71.0 cm³/mol. The van der Waals surface area contributed by atoms with Crippen molar-refractivity contribution in [3.8, 4) is 6.07 Å². The highest BCUT2D eigenvalue weighted by atomic mass is 32.2. The first-order chi connectivity index (χ1) is 8.29. The number of ether oxygens (including phenoxy) is 1. The number of benzene rings is 1. The summed E-state index contributed by atoms with van der Waals surface area (Å²) in [5, 5.41) is 9.21. The molecule has 2 nitrogen and oxygen atoms in total. The van der Waals surface area contributed by atoms with E-state index in [1.165, 1.54) is 18.4 Å². The molecule has 2 atom stereocenters. The van der Waals surface area contributed by atoms with Gasteiger partial charge >= 0.3 is 0 Å². The Kier molecular flexibility index (Phi) is 4.47. The molecule has 0 aromatic heterocycles. The van der Waals surface area contributed by atoms with E-state index in [1.54, 1.807) is 0 Å². The van der Waals surface area contributed by atoms with Gasteiger partial charge in [-0.05, 0) is 37.5 Å². The maximum atomic E-state index is 8.74. The van der Waals surface area contributed by atoms with Crippen LogP contribution >= 0.6 is 11.8 Å². The lowest BCUT2D eigenvalue weighted by atomic mass is 10.1. The predicted octanol–water partition coefficient (Wildman–Crippen LogP) is 3.53. The van der Waals surface area contributed by atoms with Crippen molar-refractivity contribution in [1.29, 1.82) is 5.26 Å². The van der Waals surface area contributed by atoms with Crippen LogP contribution in [0.4, 0.5) is 0 Å². The van der Waals surface area contributed by atoms with Crippen LogP contribution < -0.4 is 0 Å². The molecule has 0 N–H and O–H groups in total. The third-order valence-corrected chi connectivity index (χ3v) is 4.40. The molecular weight excluding hydrogens is 230 g/mol. The largest absolute Gasteiger partial charge is 0.377 e. The quantitative estimate of drug-likeness (QED) is 0.816. The first-order valence-electron chi connectivity index (χ1n) is 6.03. The van der Waals surface area contributed by atoms with Crippen molar-refractivity contribution in [3.63, 3.8) is 0 Å². The molecule has 1 heterocycles. The van der Waals surface area contributed by atoms with Crippen LogP contribution in [0, 0.1) is 11.3 Å². The summed E-state index contributed by atoms with van der Waals surface area (Å²) in [6.45, 7) is 3.14. The number of rotatable bonds is 4. The molecule has 0 bridgehead atoms. The van der Waals surface area contributed by atoms with Gasteiger partial charge in [-0.1, -0.05) is 12.1 Å². The number of nitriles is 1. The van der Waals surface area contributed by atoms with E-state index in [4.69, 9.17) is 10.00 Å². The Bertz CT molecular complexity index is 390. The van der Waals surface area contributed by atoms with Gasteiger partial charge in [-0.25, -0.2) is 0 Å². The van der Waals surface area contributed by atoms with Crippen LogP contribution in [0.3, 0.4) is 0 Å². The van der Waals surface area contributed by atoms with Gasteiger partial charge in [0.1, 0.15) is 0 Å². The third kappa shape index (κ3) is 3.49. The molecule has 0 amide bonds. The molecule has 0 unspecified atom stereocenters. The highest BCUT2D eigenvalue weighted by Gasteiger charge is 2.17. The SMILES string of the molecule is C[C@H](SC[C@@H]1CCCO1)c1ccc(C#N)cc1. The highest BCUT2D eigenvalue weighted by Crippen LogP contribution is 2.30. The Hall–Kier alpha value is -0.980. The molecular formula is C14H17NOS. The molecule has 1 aliphatic heterocycles. The van der Waals surface area contributed by atoms with E-state index < -0.39 is 0 Å². The molecule has 1 aliphatic rings. The maximum Gasteiger partial charge on any atom is 0.0991 e. The van der Waals surface area contributed by atoms with E-state index in [9.17, 15) is 0 Å². The van der Waals surface area contributed by atoms with Crippen molar-refractivity contribution in [3.05, 3.63) is 35.4 Å². The normalized spacial score (nSPS) is 21.1. The first kappa shape index (κ1) is 12.5. The van der Waals surface area contributed by atoms with Gasteiger partial charge in [-0.15, -0.1) is 0 Å². The van der Waals surface area contributed by atoms with Crippen LogP contribution in [0.15, 0.2) is 24.3 Å². The molecule has 1 saturated heterocycles. The van der Waals surface area contributed by atoms with E-state index in [-0.39, 0.29) is 0 Å². The monoisotopic (exact) mass is 247 g/mol. The van der Waals surface area contributed by atoms with Crippen LogP contribution in [-0.2, 0) is 4.74 Å². The molecule has 1 fully saturated rings. The summed E-state index contributed by atoms with van der Waals surface area (Å²) < 4.78 is 5.61. The van der Waals surface area contributed by atoms with Gasteiger partial charge in [0.2, 0.25) is 0 Å². The average molecular weight is 247 g/mol. The number of thioether (sulfide) groups is 1. The fourth-order valence-electron chi connectivity index (χ4n) is 1.95. The Morgan fingerprint density at radius 2 is 2.24 bits per heavy atom. The van der Waals surface area contributed by atoms with Crippen molar-refractivity contribution >= 4 is 11.8 Å². The molecule has 1 aromatic carbocycles. The highest BCUT2D eigenvalue weighted by molar-refractivity contribution is 7.99. The minimum atomic E-state index is 0.445. The number of hydrogen-bond donors (Lipinski definition) is 0. The summed E-state index contributed by atoms with van der Waals surface area (Å²) in [7, 11) is 0. The van der Waals surface area contributed by atoms with E-state index in [1.807, 2.05) is 36.0 Å². The smallest absolute Gasteiger partial charge is 0.0991 e. The molecule has 90 valence electrons. The molecule has 0 spiro atoms. The second-order valence-electron chi connectivity index (χ2n) is 4.34. The van der Waals surface area contributed by atoms with E-state index >= 15 is 0 Å². The van der Waals surface area contributed by atoms with E-state index in [0.717, 1.165) is 17.9 Å². The van der Waals surface area contributed by atoms with Crippen LogP contribution in [0.2, 0.25) is 0 Å². The zero-order valence-electron chi connectivity index (χ0n) is 10.1. The lowest BCUT2D eigenvalue weighted by molar-refractivity contribution is 0.129. The van der Waals surface area contributed by atoms with Crippen LogP contribution in [0.5, 0.6) is 0 Å². The van der Waals surface area contributed by atoms with Gasteiger partial charge < -0.3 is 4.74 Å². The van der Waals surface area contributed by atoms with E-state index in [0.29, 0.717) is 11.4 Å². The Morgan fingerprint density at radius 1 is 1.47 bits per heavy atom. The Labute approximate surface area is 107 Å². The summed E-state index contributed by atoms with van der Waals surface area (Å²) in [6.07, 6.45) is 2.85. The molecule has 0 saturated carbocycles. The van der Waals surface area contributed by atoms with Crippen LogP contribution in [-0.4, -0.2) is 18.5 Å². The molecule has 17 heavy (non-hydrogen) atoms. The molecule has 0 radical (unpaired) electrons. The maximum absolute atomic E-state index is 8.74. The summed E-state index contributed by atoms with van der Waals surface area (Å²) in [5.41, 5.74) is 2.01. The number of hydrogen-bond acceptors (Lipinski definition) is 3. The van der Waals surface area contributed by atoms with Gasteiger partial charge in [-0.2, -0.15) is 17.0 Å². The van der Waals surface area contributed by atoms with Crippen molar-refractivity contribution < 1.29 is 4.74 Å². The van der Waals surface area contributed by atoms with E-state index in [2.05, 4.69) is 13.0 Å². The molecule has 2 rings (SSSR count). The van der Waals surface area contributed by atoms with Crippen LogP contribution in [0.25, 0.3) is 0 Å². The number of nitrogens with zero attached hydrogens (tertiary/aromatic N) is 1. The van der Waals surface area contributed by atoms with Gasteiger partial charge in [-0.3, -0.25) is 0 Å². The minimum absolute atomic E-state index is 0.445. The van der Waals surface area contributed by atoms with Gasteiger partial charge in [0, 0.05) is 17.6 Å². The molecule has 0 aliphatic carbocycles. The summed E-state index contributed by atoms with van der Waals surface area (Å²) >= 11 is 1.93. The van der Waals surface area contributed by atoms with Gasteiger partial charge in [0.05, 0.1) is 17.7 Å². The summed E-state index contributed by atoms with van der Waals surface area (Å²) in [6, 6.07) is 10.0. The van der Waals surface area contributed by atoms with Crippen LogP contribution in [0.1, 0.15) is 36.1 Å². The lowest BCUT2D eigenvalue weighted by Crippen LogP contribution is -2.09.